The quantitative estimate of drug-likeness (QED) is 0.426. The van der Waals surface area contributed by atoms with Crippen molar-refractivity contribution in [2.24, 2.45) is 0 Å². The van der Waals surface area contributed by atoms with Crippen LogP contribution in [0.3, 0.4) is 0 Å². The number of hydrogen-bond acceptors (Lipinski definition) is 0. The third kappa shape index (κ3) is 33.2. The molecule has 0 spiro atoms. The Bertz CT molecular complexity index is 184. The molecule has 0 saturated carbocycles. The van der Waals surface area contributed by atoms with Gasteiger partial charge in [-0.1, -0.05) is 112 Å². The molecule has 0 atom stereocenters. The van der Waals surface area contributed by atoms with Crippen LogP contribution in [0.1, 0.15) is 0 Å². The van der Waals surface area contributed by atoms with E-state index < -0.39 is 32.9 Å². The molecule has 0 saturated heterocycles. The van der Waals surface area contributed by atoms with E-state index in [9.17, 15) is 0 Å². The van der Waals surface area contributed by atoms with E-state index in [1.165, 1.54) is 0 Å². The first-order valence-corrected chi connectivity index (χ1v) is 20.7. The van der Waals surface area contributed by atoms with E-state index in [1.54, 1.807) is 0 Å². The van der Waals surface area contributed by atoms with Crippen molar-refractivity contribution in [1.82, 2.24) is 0 Å². The summed E-state index contributed by atoms with van der Waals surface area (Å²) in [6.45, 7) is 27.6. The van der Waals surface area contributed by atoms with Crippen LogP contribution in [0.4, 0.5) is 0 Å². The second-order valence-corrected chi connectivity index (χ2v) is 28.1. The van der Waals surface area contributed by atoms with Gasteiger partial charge in [-0.25, -0.2) is 0 Å². The molecule has 0 unspecified atom stereocenters. The summed E-state index contributed by atoms with van der Waals surface area (Å²) in [7, 11) is -4.42. The molecule has 0 aromatic rings. The molecule has 0 heterocycles. The van der Waals surface area contributed by atoms with E-state index in [1.807, 2.05) is 0 Å². The van der Waals surface area contributed by atoms with Gasteiger partial charge < -0.3 is 9.30 Å². The van der Waals surface area contributed by atoms with E-state index in [4.69, 9.17) is 9.30 Å². The Kier molecular flexibility index (Phi) is 13.0. The molecular formula is C12H36N2Si4Yb. The second-order valence-electron chi connectivity index (χ2n) is 8.91. The van der Waals surface area contributed by atoms with Gasteiger partial charge >= 0.3 is 46.9 Å². The molecule has 0 aliphatic rings. The first-order chi connectivity index (χ1) is 7.41. The molecule has 0 bridgehead atoms. The van der Waals surface area contributed by atoms with Gasteiger partial charge in [0.1, 0.15) is 0 Å². The molecule has 19 heavy (non-hydrogen) atoms. The molecular weight excluding hydrogens is 458 g/mol. The van der Waals surface area contributed by atoms with Crippen LogP contribution in [0.25, 0.3) is 9.30 Å². The molecule has 0 radical (unpaired) electrons. The second kappa shape index (κ2) is 9.45. The van der Waals surface area contributed by atoms with Crippen molar-refractivity contribution in [2.45, 2.75) is 78.6 Å². The fourth-order valence-corrected chi connectivity index (χ4v) is 18.1. The topological polar surface area (TPSA) is 28.2 Å². The number of nitrogens with zero attached hydrogens (tertiary/aromatic N) is 2. The zero-order valence-corrected chi connectivity index (χ0v) is 20.9. The number of hydrogen-bond donors (Lipinski definition) is 0. The van der Waals surface area contributed by atoms with E-state index in [0.29, 0.717) is 0 Å². The Balaban J connectivity index is -0.000000256. The Hall–Kier alpha value is 2.31. The third-order valence-electron chi connectivity index (χ3n) is 1.34. The molecule has 0 N–H and O–H groups in total. The first kappa shape index (κ1) is 26.2. The van der Waals surface area contributed by atoms with Gasteiger partial charge in [-0.05, 0) is 0 Å². The van der Waals surface area contributed by atoms with Crippen LogP contribution in [0.15, 0.2) is 0 Å². The summed E-state index contributed by atoms with van der Waals surface area (Å²) >= 11 is 0. The standard InChI is InChI=1S/2C6H18NSi2.Yb/c2*1-8(2,3)7-9(4,5)6;/h2*1-6H3;/q2*-1;+2. The van der Waals surface area contributed by atoms with Gasteiger partial charge in [0.2, 0.25) is 0 Å². The first-order valence-electron chi connectivity index (χ1n) is 6.89. The summed E-state index contributed by atoms with van der Waals surface area (Å²) in [6.07, 6.45) is 0. The monoisotopic (exact) mass is 494 g/mol. The van der Waals surface area contributed by atoms with Crippen molar-refractivity contribution < 1.29 is 46.9 Å². The predicted molar refractivity (Wildman–Crippen MR) is 100 cm³/mol. The molecule has 0 amide bonds. The average Bonchev–Trinajstić information content (AvgIpc) is 1.64. The molecule has 0 aromatic carbocycles. The van der Waals surface area contributed by atoms with Gasteiger partial charge in [0.15, 0.2) is 0 Å². The Morgan fingerprint density at radius 2 is 0.474 bits per heavy atom. The van der Waals surface area contributed by atoms with Gasteiger partial charge in [-0.3, -0.25) is 0 Å². The van der Waals surface area contributed by atoms with Crippen molar-refractivity contribution in [1.29, 1.82) is 0 Å². The summed E-state index contributed by atoms with van der Waals surface area (Å²) < 4.78 is 9.64. The molecule has 7 heteroatoms. The molecule has 0 aliphatic heterocycles. The Labute approximate surface area is 165 Å². The fourth-order valence-electron chi connectivity index (χ4n) is 2.01. The summed E-state index contributed by atoms with van der Waals surface area (Å²) in [5, 5.41) is 0. The van der Waals surface area contributed by atoms with Crippen LogP contribution in [0.2, 0.25) is 78.6 Å². The van der Waals surface area contributed by atoms with E-state index >= 15 is 0 Å². The normalized spacial score (nSPS) is 13.3. The smallest absolute Gasteiger partial charge is 0.668 e. The van der Waals surface area contributed by atoms with Crippen LogP contribution < -0.4 is 0 Å². The van der Waals surface area contributed by atoms with Gasteiger partial charge in [-0.15, -0.1) is 0 Å². The van der Waals surface area contributed by atoms with Crippen LogP contribution in [0.5, 0.6) is 0 Å². The third-order valence-corrected chi connectivity index (χ3v) is 12.1. The molecule has 0 rings (SSSR count). The van der Waals surface area contributed by atoms with Gasteiger partial charge in [0.05, 0.1) is 0 Å². The zero-order chi connectivity index (χ0) is 15.4. The molecule has 0 fully saturated rings. The Morgan fingerprint density at radius 3 is 0.474 bits per heavy atom. The van der Waals surface area contributed by atoms with E-state index in [2.05, 4.69) is 78.6 Å². The molecule has 0 aliphatic carbocycles. The van der Waals surface area contributed by atoms with Gasteiger partial charge in [0.25, 0.3) is 0 Å². The summed E-state index contributed by atoms with van der Waals surface area (Å²) in [6, 6.07) is 0. The van der Waals surface area contributed by atoms with Crippen molar-refractivity contribution in [2.75, 3.05) is 0 Å². The summed E-state index contributed by atoms with van der Waals surface area (Å²) in [5.41, 5.74) is 0. The largest absolute Gasteiger partial charge is 2.00 e. The zero-order valence-electron chi connectivity index (χ0n) is 15.2. The van der Waals surface area contributed by atoms with Crippen LogP contribution >= 0.6 is 0 Å². The van der Waals surface area contributed by atoms with Crippen molar-refractivity contribution >= 4 is 32.9 Å². The van der Waals surface area contributed by atoms with E-state index in [-0.39, 0.29) is 46.9 Å². The van der Waals surface area contributed by atoms with Crippen molar-refractivity contribution in [3.8, 4) is 0 Å². The SMILES string of the molecule is C[Si](C)(C)[N-][Si](C)(C)C.C[Si](C)(C)[N-][Si](C)(C)C.[Yb+2]. The van der Waals surface area contributed by atoms with Crippen molar-refractivity contribution in [3.63, 3.8) is 0 Å². The minimum atomic E-state index is -1.11. The van der Waals surface area contributed by atoms with E-state index in [0.717, 1.165) is 0 Å². The average molecular weight is 494 g/mol. The predicted octanol–water partition coefficient (Wildman–Crippen LogP) is 6.06. The van der Waals surface area contributed by atoms with Crippen LogP contribution in [0, 0.1) is 46.9 Å². The summed E-state index contributed by atoms with van der Waals surface area (Å²) in [5.74, 6) is 0. The van der Waals surface area contributed by atoms with Crippen LogP contribution in [-0.4, -0.2) is 32.9 Å². The maximum absolute atomic E-state index is 4.82. The minimum absolute atomic E-state index is 0. The molecule has 0 aromatic heterocycles. The Morgan fingerprint density at radius 1 is 0.368 bits per heavy atom. The minimum Gasteiger partial charge on any atom is -0.668 e. The fraction of sp³-hybridized carbons (Fsp3) is 1.00. The van der Waals surface area contributed by atoms with Crippen molar-refractivity contribution in [3.05, 3.63) is 9.30 Å². The maximum Gasteiger partial charge on any atom is 2.00 e. The van der Waals surface area contributed by atoms with Gasteiger partial charge in [-0.2, -0.15) is 0 Å². The molecule has 124 valence electrons. The number of rotatable bonds is 4. The van der Waals surface area contributed by atoms with Gasteiger partial charge in [0, 0.05) is 0 Å². The maximum atomic E-state index is 4.82. The molecule has 2 nitrogen and oxygen atoms in total. The summed E-state index contributed by atoms with van der Waals surface area (Å²) in [4.78, 5) is 0. The van der Waals surface area contributed by atoms with Crippen LogP contribution in [-0.2, 0) is 0 Å².